The Kier molecular flexibility index (Phi) is 6.98. The van der Waals surface area contributed by atoms with Crippen molar-refractivity contribution in [3.8, 4) is 22.3 Å². The fourth-order valence-corrected chi connectivity index (χ4v) is 3.57. The van der Waals surface area contributed by atoms with E-state index in [-0.39, 0.29) is 0 Å². The predicted molar refractivity (Wildman–Crippen MR) is 122 cm³/mol. The average molecular weight is 486 g/mol. The van der Waals surface area contributed by atoms with Gasteiger partial charge in [0, 0.05) is 11.1 Å². The molecule has 1 nitrogen and oxygen atoms in total. The van der Waals surface area contributed by atoms with Crippen molar-refractivity contribution in [1.82, 2.24) is 0 Å². The Morgan fingerprint density at radius 2 is 0.714 bits per heavy atom. The molecule has 0 aliphatic carbocycles. The summed E-state index contributed by atoms with van der Waals surface area (Å²) >= 11 is 0. The first kappa shape index (κ1) is 24.5. The van der Waals surface area contributed by atoms with E-state index in [2.05, 4.69) is 4.74 Å². The normalized spacial score (nSPS) is 13.9. The van der Waals surface area contributed by atoms with Crippen LogP contribution in [0.4, 0.5) is 26.3 Å². The summed E-state index contributed by atoms with van der Waals surface area (Å²) in [5.41, 5.74) is 1.03. The van der Waals surface area contributed by atoms with Crippen molar-refractivity contribution in [2.24, 2.45) is 0 Å². The zero-order valence-electron chi connectivity index (χ0n) is 18.2. The molecule has 0 aliphatic rings. The van der Waals surface area contributed by atoms with Gasteiger partial charge >= 0.3 is 11.8 Å². The molecule has 0 heterocycles. The first-order valence-electron chi connectivity index (χ1n) is 10.7. The van der Waals surface area contributed by atoms with Gasteiger partial charge in [-0.15, -0.1) is 0 Å². The Morgan fingerprint density at radius 1 is 0.429 bits per heavy atom. The second-order valence-electron chi connectivity index (χ2n) is 7.90. The summed E-state index contributed by atoms with van der Waals surface area (Å²) in [6.07, 6.45) is -7.26. The molecule has 4 aromatic rings. The highest BCUT2D eigenvalue weighted by atomic mass is 19.3. The van der Waals surface area contributed by atoms with E-state index in [1.807, 2.05) is 0 Å². The minimum Gasteiger partial charge on any atom is -0.303 e. The van der Waals surface area contributed by atoms with Gasteiger partial charge in [-0.1, -0.05) is 109 Å². The molecule has 35 heavy (non-hydrogen) atoms. The van der Waals surface area contributed by atoms with Crippen molar-refractivity contribution in [2.45, 2.75) is 24.6 Å². The largest absolute Gasteiger partial charge is 0.327 e. The molecule has 7 heteroatoms. The lowest BCUT2D eigenvalue weighted by molar-refractivity contribution is -0.295. The van der Waals surface area contributed by atoms with E-state index in [1.54, 1.807) is 60.7 Å². The Hall–Kier alpha value is -3.58. The van der Waals surface area contributed by atoms with Crippen LogP contribution in [0.3, 0.4) is 0 Å². The van der Waals surface area contributed by atoms with Gasteiger partial charge in [0.05, 0.1) is 0 Å². The monoisotopic (exact) mass is 486 g/mol. The summed E-state index contributed by atoms with van der Waals surface area (Å²) < 4.78 is 90.8. The molecule has 0 bridgehead atoms. The van der Waals surface area contributed by atoms with Gasteiger partial charge in [0.1, 0.15) is 0 Å². The Bertz CT molecular complexity index is 1130. The summed E-state index contributed by atoms with van der Waals surface area (Å²) in [5.74, 6) is -8.71. The summed E-state index contributed by atoms with van der Waals surface area (Å²) in [4.78, 5) is 0. The second-order valence-corrected chi connectivity index (χ2v) is 7.90. The highest BCUT2D eigenvalue weighted by Crippen LogP contribution is 2.41. The van der Waals surface area contributed by atoms with Crippen LogP contribution >= 0.6 is 0 Å². The van der Waals surface area contributed by atoms with Crippen molar-refractivity contribution >= 4 is 0 Å². The Balaban J connectivity index is 1.46. The summed E-state index contributed by atoms with van der Waals surface area (Å²) in [6.45, 7) is 0. The molecular weight excluding hydrogens is 466 g/mol. The Morgan fingerprint density at radius 3 is 1.03 bits per heavy atom. The highest BCUT2D eigenvalue weighted by molar-refractivity contribution is 5.64. The van der Waals surface area contributed by atoms with Crippen molar-refractivity contribution in [3.63, 3.8) is 0 Å². The van der Waals surface area contributed by atoms with Gasteiger partial charge in [-0.3, -0.25) is 0 Å². The molecule has 0 spiro atoms. The molecule has 2 atom stereocenters. The molecule has 0 aliphatic heterocycles. The molecule has 0 amide bonds. The van der Waals surface area contributed by atoms with Gasteiger partial charge in [0.15, 0.2) is 0 Å². The van der Waals surface area contributed by atoms with Crippen molar-refractivity contribution in [2.75, 3.05) is 0 Å². The maximum absolute atomic E-state index is 14.6. The molecule has 180 valence electrons. The fraction of sp³-hybridized carbons (Fsp3) is 0.143. The molecule has 0 radical (unpaired) electrons. The average Bonchev–Trinajstić information content (AvgIpc) is 2.89. The highest BCUT2D eigenvalue weighted by Gasteiger charge is 2.50. The van der Waals surface area contributed by atoms with E-state index >= 15 is 0 Å². The standard InChI is InChI=1S/C28H20F6O/c29-25(27(31,32)23-15-11-21(12-16-23)19-7-3-1-4-8-19)35-26(30)28(33,34)24-17-13-22(14-18-24)20-9-5-2-6-10-20/h1-18,25-26H/t25-,26-/m1/s1. The van der Waals surface area contributed by atoms with E-state index in [4.69, 9.17) is 0 Å². The molecule has 0 unspecified atom stereocenters. The van der Waals surface area contributed by atoms with Crippen LogP contribution in [-0.2, 0) is 16.6 Å². The van der Waals surface area contributed by atoms with Crippen LogP contribution in [0.1, 0.15) is 11.1 Å². The maximum atomic E-state index is 14.6. The van der Waals surface area contributed by atoms with Gasteiger partial charge in [0.2, 0.25) is 0 Å². The van der Waals surface area contributed by atoms with Gasteiger partial charge in [-0.05, 0) is 22.3 Å². The van der Waals surface area contributed by atoms with E-state index in [0.717, 1.165) is 35.4 Å². The minimum atomic E-state index is -4.35. The summed E-state index contributed by atoms with van der Waals surface area (Å²) in [7, 11) is 0. The maximum Gasteiger partial charge on any atom is 0.327 e. The summed E-state index contributed by atoms with van der Waals surface area (Å²) in [5, 5.41) is 0. The lowest BCUT2D eigenvalue weighted by Gasteiger charge is -2.26. The molecule has 4 aromatic carbocycles. The lowest BCUT2D eigenvalue weighted by atomic mass is 10.0. The van der Waals surface area contributed by atoms with Crippen molar-refractivity contribution < 1.29 is 31.1 Å². The second kappa shape index (κ2) is 9.96. The third-order valence-corrected chi connectivity index (χ3v) is 5.56. The number of hydrogen-bond donors (Lipinski definition) is 0. The molecule has 0 fully saturated rings. The number of ether oxygens (including phenoxy) is 1. The third kappa shape index (κ3) is 5.25. The fourth-order valence-electron chi connectivity index (χ4n) is 3.57. The van der Waals surface area contributed by atoms with Crippen molar-refractivity contribution in [3.05, 3.63) is 120 Å². The predicted octanol–water partition coefficient (Wildman–Crippen LogP) is 8.51. The van der Waals surface area contributed by atoms with Crippen LogP contribution in [0, 0.1) is 0 Å². The number of benzene rings is 4. The van der Waals surface area contributed by atoms with Crippen molar-refractivity contribution in [1.29, 1.82) is 0 Å². The SMILES string of the molecule is F[C@H](O[C@@H](F)C(F)(F)c1ccc(-c2ccccc2)cc1)C(F)(F)c1ccc(-c2ccccc2)cc1. The smallest absolute Gasteiger partial charge is 0.303 e. The lowest BCUT2D eigenvalue weighted by Crippen LogP contribution is -2.38. The topological polar surface area (TPSA) is 9.23 Å². The first-order valence-corrected chi connectivity index (χ1v) is 10.7. The number of alkyl halides is 6. The van der Waals surface area contributed by atoms with E-state index in [9.17, 15) is 26.3 Å². The molecule has 0 N–H and O–H groups in total. The van der Waals surface area contributed by atoms with E-state index < -0.39 is 35.7 Å². The third-order valence-electron chi connectivity index (χ3n) is 5.56. The van der Waals surface area contributed by atoms with Gasteiger partial charge in [-0.2, -0.15) is 17.6 Å². The molecule has 0 aromatic heterocycles. The number of hydrogen-bond acceptors (Lipinski definition) is 1. The van der Waals surface area contributed by atoms with Crippen LogP contribution in [-0.4, -0.2) is 12.7 Å². The number of halogens is 6. The molecule has 4 rings (SSSR count). The minimum absolute atomic E-state index is 0.593. The molecular formula is C28H20F6O. The van der Waals surface area contributed by atoms with E-state index in [0.29, 0.717) is 11.1 Å². The quantitative estimate of drug-likeness (QED) is 0.227. The van der Waals surface area contributed by atoms with Gasteiger partial charge in [-0.25, -0.2) is 8.78 Å². The molecule has 0 saturated heterocycles. The van der Waals surface area contributed by atoms with Crippen LogP contribution in [0.2, 0.25) is 0 Å². The van der Waals surface area contributed by atoms with E-state index in [1.165, 1.54) is 24.3 Å². The zero-order valence-corrected chi connectivity index (χ0v) is 18.2. The van der Waals surface area contributed by atoms with Crippen LogP contribution < -0.4 is 0 Å². The van der Waals surface area contributed by atoms with Gasteiger partial charge in [0.25, 0.3) is 12.7 Å². The zero-order chi connectivity index (χ0) is 25.1. The van der Waals surface area contributed by atoms with Crippen LogP contribution in [0.15, 0.2) is 109 Å². The number of rotatable bonds is 8. The summed E-state index contributed by atoms with van der Waals surface area (Å²) in [6, 6.07) is 26.8. The molecule has 0 saturated carbocycles. The van der Waals surface area contributed by atoms with Gasteiger partial charge < -0.3 is 4.74 Å². The Labute approximate surface area is 198 Å². The van der Waals surface area contributed by atoms with Crippen LogP contribution in [0.25, 0.3) is 22.3 Å². The first-order chi connectivity index (χ1) is 16.7. The van der Waals surface area contributed by atoms with Crippen LogP contribution in [0.5, 0.6) is 0 Å².